The number of methoxy groups -OCH3 is 1. The third-order valence-corrected chi connectivity index (χ3v) is 4.26. The number of likely N-dealkylation sites (tertiary alicyclic amines) is 1. The number of benzene rings is 1. The van der Waals surface area contributed by atoms with Crippen LogP contribution in [0.5, 0.6) is 5.75 Å². The molecule has 1 heterocycles. The highest BCUT2D eigenvalue weighted by atomic mass is 79.9. The average Bonchev–Trinajstić information content (AvgIpc) is 2.47. The van der Waals surface area contributed by atoms with E-state index >= 15 is 0 Å². The van der Waals surface area contributed by atoms with E-state index in [4.69, 9.17) is 10.5 Å². The fraction of sp³-hybridized carbons (Fsp3) is 0.500. The molecule has 2 rings (SSSR count). The molecule has 0 aromatic heterocycles. The smallest absolute Gasteiger partial charge is 0.255 e. The zero-order valence-electron chi connectivity index (χ0n) is 11.5. The highest BCUT2D eigenvalue weighted by Crippen LogP contribution is 2.26. The summed E-state index contributed by atoms with van der Waals surface area (Å²) in [6, 6.07) is 5.60. The topological polar surface area (TPSA) is 55.6 Å². The van der Waals surface area contributed by atoms with E-state index in [1.807, 2.05) is 17.0 Å². The van der Waals surface area contributed by atoms with Gasteiger partial charge in [0.2, 0.25) is 0 Å². The maximum atomic E-state index is 12.6. The molecule has 2 N–H and O–H groups in total. The second-order valence-corrected chi connectivity index (χ2v) is 5.58. The van der Waals surface area contributed by atoms with Crippen molar-refractivity contribution < 1.29 is 9.53 Å². The quantitative estimate of drug-likeness (QED) is 0.898. The summed E-state index contributed by atoms with van der Waals surface area (Å²) in [5.74, 6) is 0.716. The minimum absolute atomic E-state index is 0. The van der Waals surface area contributed by atoms with Gasteiger partial charge < -0.3 is 15.4 Å². The van der Waals surface area contributed by atoms with Crippen molar-refractivity contribution in [2.24, 2.45) is 5.73 Å². The second-order valence-electron chi connectivity index (χ2n) is 4.73. The molecule has 1 unspecified atom stereocenters. The Labute approximate surface area is 134 Å². The number of hydrogen-bond donors (Lipinski definition) is 1. The standard InChI is InChI=1S/C14H19BrN2O2.ClH/c1-19-11-5-6-13(15)12(8-11)14(18)17-7-3-2-4-10(17)9-16;/h5-6,8,10H,2-4,7,9,16H2,1H3;1H. The van der Waals surface area contributed by atoms with E-state index in [0.717, 1.165) is 30.3 Å². The largest absolute Gasteiger partial charge is 0.497 e. The predicted octanol–water partition coefficient (Wildman–Crippen LogP) is 2.83. The van der Waals surface area contributed by atoms with E-state index < -0.39 is 0 Å². The first-order valence-electron chi connectivity index (χ1n) is 6.52. The monoisotopic (exact) mass is 362 g/mol. The minimum Gasteiger partial charge on any atom is -0.497 e. The van der Waals surface area contributed by atoms with Gasteiger partial charge in [-0.1, -0.05) is 0 Å². The molecule has 0 saturated carbocycles. The number of halogens is 2. The summed E-state index contributed by atoms with van der Waals surface area (Å²) in [5.41, 5.74) is 6.41. The lowest BCUT2D eigenvalue weighted by Crippen LogP contribution is -2.47. The number of hydrogen-bond acceptors (Lipinski definition) is 3. The van der Waals surface area contributed by atoms with Crippen LogP contribution in [0, 0.1) is 0 Å². The van der Waals surface area contributed by atoms with Crippen LogP contribution in [-0.4, -0.2) is 37.0 Å². The number of carbonyl (C=O) groups excluding carboxylic acids is 1. The van der Waals surface area contributed by atoms with Crippen molar-refractivity contribution >= 4 is 34.2 Å². The highest BCUT2D eigenvalue weighted by Gasteiger charge is 2.27. The molecule has 1 amide bonds. The molecule has 20 heavy (non-hydrogen) atoms. The minimum atomic E-state index is 0. The molecular formula is C14H20BrClN2O2. The fourth-order valence-corrected chi connectivity index (χ4v) is 2.88. The van der Waals surface area contributed by atoms with Crippen LogP contribution < -0.4 is 10.5 Å². The van der Waals surface area contributed by atoms with Gasteiger partial charge in [0.1, 0.15) is 5.75 Å². The van der Waals surface area contributed by atoms with Crippen molar-refractivity contribution in [3.05, 3.63) is 28.2 Å². The van der Waals surface area contributed by atoms with Gasteiger partial charge in [-0.15, -0.1) is 12.4 Å². The molecule has 112 valence electrons. The summed E-state index contributed by atoms with van der Waals surface area (Å²) in [4.78, 5) is 14.5. The van der Waals surface area contributed by atoms with Crippen molar-refractivity contribution in [1.29, 1.82) is 0 Å². The van der Waals surface area contributed by atoms with Crippen molar-refractivity contribution in [3.63, 3.8) is 0 Å². The molecule has 1 aromatic rings. The van der Waals surface area contributed by atoms with Gasteiger partial charge in [0.15, 0.2) is 0 Å². The lowest BCUT2D eigenvalue weighted by atomic mass is 10.0. The number of rotatable bonds is 3. The number of carbonyl (C=O) groups is 1. The van der Waals surface area contributed by atoms with Crippen LogP contribution in [-0.2, 0) is 0 Å². The van der Waals surface area contributed by atoms with Gasteiger partial charge in [-0.25, -0.2) is 0 Å². The zero-order chi connectivity index (χ0) is 13.8. The SMILES string of the molecule is COc1ccc(Br)c(C(=O)N2CCCCC2CN)c1.Cl. The van der Waals surface area contributed by atoms with Crippen LogP contribution in [0.4, 0.5) is 0 Å². The normalized spacial score (nSPS) is 18.4. The molecule has 1 atom stereocenters. The van der Waals surface area contributed by atoms with E-state index in [1.54, 1.807) is 13.2 Å². The number of nitrogens with zero attached hydrogens (tertiary/aromatic N) is 1. The Balaban J connectivity index is 0.00000200. The van der Waals surface area contributed by atoms with Crippen LogP contribution in [0.2, 0.25) is 0 Å². The van der Waals surface area contributed by atoms with Crippen molar-refractivity contribution in [2.45, 2.75) is 25.3 Å². The maximum absolute atomic E-state index is 12.6. The van der Waals surface area contributed by atoms with E-state index in [2.05, 4.69) is 15.9 Å². The molecule has 4 nitrogen and oxygen atoms in total. The van der Waals surface area contributed by atoms with E-state index in [1.165, 1.54) is 0 Å². The summed E-state index contributed by atoms with van der Waals surface area (Å²) in [6.07, 6.45) is 3.18. The van der Waals surface area contributed by atoms with Crippen LogP contribution >= 0.6 is 28.3 Å². The number of piperidine rings is 1. The highest BCUT2D eigenvalue weighted by molar-refractivity contribution is 9.10. The van der Waals surface area contributed by atoms with Gasteiger partial charge in [0, 0.05) is 23.6 Å². The van der Waals surface area contributed by atoms with Gasteiger partial charge >= 0.3 is 0 Å². The molecule has 1 aliphatic heterocycles. The van der Waals surface area contributed by atoms with Gasteiger partial charge in [0.25, 0.3) is 5.91 Å². The van der Waals surface area contributed by atoms with Gasteiger partial charge in [0.05, 0.1) is 12.7 Å². The molecule has 1 fully saturated rings. The van der Waals surface area contributed by atoms with Gasteiger partial charge in [-0.2, -0.15) is 0 Å². The first-order chi connectivity index (χ1) is 9.17. The third kappa shape index (κ3) is 3.65. The Bertz CT molecular complexity index is 470. The molecule has 0 bridgehead atoms. The molecule has 0 radical (unpaired) electrons. The number of ether oxygens (including phenoxy) is 1. The van der Waals surface area contributed by atoms with Gasteiger partial charge in [-0.05, 0) is 53.4 Å². The van der Waals surface area contributed by atoms with Crippen molar-refractivity contribution in [1.82, 2.24) is 4.90 Å². The lowest BCUT2D eigenvalue weighted by Gasteiger charge is -2.35. The number of nitrogens with two attached hydrogens (primary N) is 1. The average molecular weight is 364 g/mol. The summed E-state index contributed by atoms with van der Waals surface area (Å²) >= 11 is 3.43. The first kappa shape index (κ1) is 17.3. The summed E-state index contributed by atoms with van der Waals surface area (Å²) < 4.78 is 5.98. The molecule has 6 heteroatoms. The summed E-state index contributed by atoms with van der Waals surface area (Å²) in [7, 11) is 1.60. The Morgan fingerprint density at radius 3 is 2.90 bits per heavy atom. The molecule has 1 aromatic carbocycles. The van der Waals surface area contributed by atoms with Crippen LogP contribution in [0.15, 0.2) is 22.7 Å². The fourth-order valence-electron chi connectivity index (χ4n) is 2.46. The molecule has 0 spiro atoms. The van der Waals surface area contributed by atoms with Crippen molar-refractivity contribution in [2.75, 3.05) is 20.2 Å². The summed E-state index contributed by atoms with van der Waals surface area (Å²) in [5, 5.41) is 0. The van der Waals surface area contributed by atoms with Crippen molar-refractivity contribution in [3.8, 4) is 5.75 Å². The van der Waals surface area contributed by atoms with E-state index in [9.17, 15) is 4.79 Å². The van der Waals surface area contributed by atoms with Crippen LogP contribution in [0.25, 0.3) is 0 Å². The zero-order valence-corrected chi connectivity index (χ0v) is 13.9. The van der Waals surface area contributed by atoms with Gasteiger partial charge in [-0.3, -0.25) is 4.79 Å². The molecule has 1 aliphatic rings. The maximum Gasteiger partial charge on any atom is 0.255 e. The summed E-state index contributed by atoms with van der Waals surface area (Å²) in [6.45, 7) is 1.30. The first-order valence-corrected chi connectivity index (χ1v) is 7.31. The Morgan fingerprint density at radius 2 is 2.25 bits per heavy atom. The third-order valence-electron chi connectivity index (χ3n) is 3.56. The molecule has 1 saturated heterocycles. The molecule has 0 aliphatic carbocycles. The molecular weight excluding hydrogens is 344 g/mol. The van der Waals surface area contributed by atoms with E-state index in [-0.39, 0.29) is 24.4 Å². The number of amides is 1. The Morgan fingerprint density at radius 1 is 1.50 bits per heavy atom. The Kier molecular flexibility index (Phi) is 6.79. The van der Waals surface area contributed by atoms with Crippen LogP contribution in [0.3, 0.4) is 0 Å². The second kappa shape index (κ2) is 7.86. The predicted molar refractivity (Wildman–Crippen MR) is 85.7 cm³/mol. The van der Waals surface area contributed by atoms with E-state index in [0.29, 0.717) is 17.9 Å². The van der Waals surface area contributed by atoms with Crippen LogP contribution in [0.1, 0.15) is 29.6 Å². The Hall–Kier alpha value is -0.780. The lowest BCUT2D eigenvalue weighted by molar-refractivity contribution is 0.0622.